The molecule has 0 radical (unpaired) electrons. The Bertz CT molecular complexity index is 1010. The Hall–Kier alpha value is -3.34. The molecule has 0 aliphatic carbocycles. The van der Waals surface area contributed by atoms with Crippen molar-refractivity contribution in [1.82, 2.24) is 5.06 Å². The van der Waals surface area contributed by atoms with E-state index >= 15 is 0 Å². The lowest BCUT2D eigenvalue weighted by Crippen LogP contribution is -2.38. The first-order chi connectivity index (χ1) is 14.3. The predicted octanol–water partition coefficient (Wildman–Crippen LogP) is 5.67. The first kappa shape index (κ1) is 21.4. The summed E-state index contributed by atoms with van der Waals surface area (Å²) in [5.74, 6) is -0.482. The minimum atomic E-state index is -0.691. The highest BCUT2D eigenvalue weighted by atomic mass is 16.8. The zero-order valence-corrected chi connectivity index (χ0v) is 17.6. The van der Waals surface area contributed by atoms with Gasteiger partial charge < -0.3 is 9.57 Å². The standard InChI is InChI=1S/C25H27NO4/c1-25(2,3)29-24(28)26(18-20-9-5-4-6-10-20)30-23(27)16-14-19-13-15-21-11-7-8-12-22(21)17-19/h4-13,15,17H,14,16,18H2,1-3H3. The molecule has 0 aliphatic heterocycles. The average molecular weight is 405 g/mol. The van der Waals surface area contributed by atoms with Gasteiger partial charge in [0.05, 0.1) is 13.0 Å². The number of fused-ring (bicyclic) bond motifs is 1. The number of aryl methyl sites for hydroxylation is 1. The molecule has 156 valence electrons. The first-order valence-electron chi connectivity index (χ1n) is 10.0. The third-order valence-electron chi connectivity index (χ3n) is 4.41. The molecule has 0 saturated carbocycles. The SMILES string of the molecule is CC(C)(C)OC(=O)N(Cc1ccccc1)OC(=O)CCc1ccc2ccccc2c1. The van der Waals surface area contributed by atoms with E-state index < -0.39 is 17.7 Å². The number of amides is 1. The summed E-state index contributed by atoms with van der Waals surface area (Å²) < 4.78 is 5.39. The smallest absolute Gasteiger partial charge is 0.442 e. The van der Waals surface area contributed by atoms with Crippen LogP contribution in [0.5, 0.6) is 0 Å². The lowest BCUT2D eigenvalue weighted by molar-refractivity contribution is -0.187. The van der Waals surface area contributed by atoms with E-state index in [-0.39, 0.29) is 13.0 Å². The Morgan fingerprint density at radius 2 is 1.50 bits per heavy atom. The first-order valence-corrected chi connectivity index (χ1v) is 10.0. The fourth-order valence-electron chi connectivity index (χ4n) is 3.01. The van der Waals surface area contributed by atoms with E-state index in [9.17, 15) is 9.59 Å². The van der Waals surface area contributed by atoms with Crippen LogP contribution in [0.15, 0.2) is 72.8 Å². The minimum absolute atomic E-state index is 0.122. The third kappa shape index (κ3) is 6.34. The van der Waals surface area contributed by atoms with Crippen LogP contribution in [0.4, 0.5) is 4.79 Å². The number of benzene rings is 3. The summed E-state index contributed by atoms with van der Waals surface area (Å²) in [6.07, 6.45) is -0.00532. The zero-order valence-electron chi connectivity index (χ0n) is 17.6. The highest BCUT2D eigenvalue weighted by Gasteiger charge is 2.25. The molecule has 3 aromatic carbocycles. The highest BCUT2D eigenvalue weighted by molar-refractivity contribution is 5.83. The normalized spacial score (nSPS) is 11.2. The number of carbonyl (C=O) groups is 2. The van der Waals surface area contributed by atoms with Crippen molar-refractivity contribution in [3.05, 3.63) is 83.9 Å². The van der Waals surface area contributed by atoms with Gasteiger partial charge in [-0.2, -0.15) is 0 Å². The fraction of sp³-hybridized carbons (Fsp3) is 0.280. The summed E-state index contributed by atoms with van der Waals surface area (Å²) >= 11 is 0. The van der Waals surface area contributed by atoms with Gasteiger partial charge in [0.15, 0.2) is 0 Å². The minimum Gasteiger partial charge on any atom is -0.442 e. The van der Waals surface area contributed by atoms with E-state index in [2.05, 4.69) is 12.1 Å². The van der Waals surface area contributed by atoms with Crippen LogP contribution < -0.4 is 0 Å². The quantitative estimate of drug-likeness (QED) is 0.513. The van der Waals surface area contributed by atoms with Crippen LogP contribution in [0.1, 0.15) is 38.3 Å². The van der Waals surface area contributed by atoms with Gasteiger partial charge in [0.25, 0.3) is 0 Å². The van der Waals surface area contributed by atoms with E-state index in [0.717, 1.165) is 27.0 Å². The molecule has 0 aliphatic rings. The molecule has 30 heavy (non-hydrogen) atoms. The van der Waals surface area contributed by atoms with Crippen LogP contribution in [0, 0.1) is 0 Å². The summed E-state index contributed by atoms with van der Waals surface area (Å²) in [6, 6.07) is 23.5. The number of hydrogen-bond donors (Lipinski definition) is 0. The molecule has 1 amide bonds. The number of ether oxygens (including phenoxy) is 1. The van der Waals surface area contributed by atoms with Crippen molar-refractivity contribution in [1.29, 1.82) is 0 Å². The second kappa shape index (κ2) is 9.44. The van der Waals surface area contributed by atoms with E-state index in [1.165, 1.54) is 0 Å². The maximum atomic E-state index is 12.5. The Labute approximate surface area is 177 Å². The monoisotopic (exact) mass is 405 g/mol. The highest BCUT2D eigenvalue weighted by Crippen LogP contribution is 2.18. The van der Waals surface area contributed by atoms with Crippen molar-refractivity contribution < 1.29 is 19.2 Å². The summed E-state index contributed by atoms with van der Waals surface area (Å²) in [4.78, 5) is 30.4. The summed E-state index contributed by atoms with van der Waals surface area (Å²) in [5, 5.41) is 3.27. The van der Waals surface area contributed by atoms with E-state index in [4.69, 9.17) is 9.57 Å². The molecule has 3 aromatic rings. The van der Waals surface area contributed by atoms with Gasteiger partial charge in [0.2, 0.25) is 0 Å². The molecule has 0 spiro atoms. The maximum Gasteiger partial charge on any atom is 0.444 e. The van der Waals surface area contributed by atoms with Crippen molar-refractivity contribution in [2.75, 3.05) is 0 Å². The lowest BCUT2D eigenvalue weighted by atomic mass is 10.0. The number of hydroxylamine groups is 2. The van der Waals surface area contributed by atoms with E-state index in [1.54, 1.807) is 20.8 Å². The van der Waals surface area contributed by atoms with Gasteiger partial charge in [0.1, 0.15) is 5.60 Å². The van der Waals surface area contributed by atoms with Crippen molar-refractivity contribution in [3.63, 3.8) is 0 Å². The second-order valence-electron chi connectivity index (χ2n) is 8.15. The number of hydrogen-bond acceptors (Lipinski definition) is 4. The van der Waals surface area contributed by atoms with Crippen LogP contribution >= 0.6 is 0 Å². The number of carbonyl (C=O) groups excluding carboxylic acids is 2. The summed E-state index contributed by atoms with van der Waals surface area (Å²) in [6.45, 7) is 5.44. The van der Waals surface area contributed by atoms with Crippen LogP contribution in [-0.4, -0.2) is 22.7 Å². The van der Waals surface area contributed by atoms with Crippen molar-refractivity contribution >= 4 is 22.8 Å². The van der Waals surface area contributed by atoms with Crippen molar-refractivity contribution in [2.45, 2.75) is 45.8 Å². The molecule has 5 nitrogen and oxygen atoms in total. The van der Waals surface area contributed by atoms with Gasteiger partial charge >= 0.3 is 12.1 Å². The molecule has 0 atom stereocenters. The molecule has 3 rings (SSSR count). The van der Waals surface area contributed by atoms with Crippen molar-refractivity contribution in [3.8, 4) is 0 Å². The zero-order chi connectivity index (χ0) is 21.6. The van der Waals surface area contributed by atoms with Gasteiger partial charge in [-0.3, -0.25) is 0 Å². The molecule has 0 N–H and O–H groups in total. The topological polar surface area (TPSA) is 55.8 Å². The Kier molecular flexibility index (Phi) is 6.72. The Morgan fingerprint density at radius 3 is 2.20 bits per heavy atom. The van der Waals surface area contributed by atoms with Crippen LogP contribution in [0.25, 0.3) is 10.8 Å². The van der Waals surface area contributed by atoms with Crippen LogP contribution in [-0.2, 0) is 27.3 Å². The van der Waals surface area contributed by atoms with E-state index in [0.29, 0.717) is 6.42 Å². The molecule has 5 heteroatoms. The second-order valence-corrected chi connectivity index (χ2v) is 8.15. The van der Waals surface area contributed by atoms with Crippen LogP contribution in [0.3, 0.4) is 0 Å². The van der Waals surface area contributed by atoms with Crippen LogP contribution in [0.2, 0.25) is 0 Å². The lowest BCUT2D eigenvalue weighted by Gasteiger charge is -2.26. The molecule has 0 fully saturated rings. The number of rotatable bonds is 5. The largest absolute Gasteiger partial charge is 0.444 e. The molecular weight excluding hydrogens is 378 g/mol. The maximum absolute atomic E-state index is 12.5. The molecule has 0 unspecified atom stereocenters. The molecule has 0 aromatic heterocycles. The summed E-state index contributed by atoms with van der Waals surface area (Å²) in [7, 11) is 0. The van der Waals surface area contributed by atoms with Gasteiger partial charge in [-0.05, 0) is 49.1 Å². The van der Waals surface area contributed by atoms with Gasteiger partial charge in [-0.25, -0.2) is 9.59 Å². The fourth-order valence-corrected chi connectivity index (χ4v) is 3.01. The average Bonchev–Trinajstić information content (AvgIpc) is 2.71. The Balaban J connectivity index is 1.64. The van der Waals surface area contributed by atoms with E-state index in [1.807, 2.05) is 60.7 Å². The molecular formula is C25H27NO4. The predicted molar refractivity (Wildman–Crippen MR) is 117 cm³/mol. The third-order valence-corrected chi connectivity index (χ3v) is 4.41. The van der Waals surface area contributed by atoms with Gasteiger partial charge in [-0.1, -0.05) is 72.8 Å². The van der Waals surface area contributed by atoms with Crippen molar-refractivity contribution in [2.24, 2.45) is 0 Å². The number of nitrogens with zero attached hydrogens (tertiary/aromatic N) is 1. The molecule has 0 heterocycles. The van der Waals surface area contributed by atoms with Gasteiger partial charge in [0, 0.05) is 0 Å². The molecule has 0 bridgehead atoms. The molecule has 0 saturated heterocycles. The summed E-state index contributed by atoms with van der Waals surface area (Å²) in [5.41, 5.74) is 1.19. The Morgan fingerprint density at radius 1 is 0.833 bits per heavy atom. The van der Waals surface area contributed by atoms with Gasteiger partial charge in [-0.15, -0.1) is 5.06 Å².